The molecule has 0 aromatic carbocycles. The van der Waals surface area contributed by atoms with Gasteiger partial charge in [-0.15, -0.1) is 0 Å². The summed E-state index contributed by atoms with van der Waals surface area (Å²) in [6, 6.07) is 0. The fraction of sp³-hybridized carbons (Fsp3) is 0.400. The number of hydrogen-bond donors (Lipinski definition) is 1. The summed E-state index contributed by atoms with van der Waals surface area (Å²) in [5.41, 5.74) is 4.97. The molecule has 0 unspecified atom stereocenters. The van der Waals surface area contributed by atoms with Gasteiger partial charge in [-0.25, -0.2) is 4.79 Å². The zero-order chi connectivity index (χ0) is 16.2. The minimum absolute atomic E-state index is 0.0642. The van der Waals surface area contributed by atoms with Gasteiger partial charge < -0.3 is 10.6 Å². The Morgan fingerprint density at radius 1 is 1.24 bits per heavy atom. The maximum Gasteiger partial charge on any atom is 0.493 e. The first-order valence-corrected chi connectivity index (χ1v) is 5.50. The molecule has 1 aliphatic heterocycles. The molecule has 21 heavy (non-hydrogen) atoms. The highest BCUT2D eigenvalue weighted by atomic mass is 19.4. The van der Waals surface area contributed by atoms with Crippen LogP contribution in [-0.4, -0.2) is 59.5 Å². The molecular formula is C10H10F3N3O5. The molecule has 1 rings (SSSR count). The Morgan fingerprint density at radius 2 is 1.76 bits per heavy atom. The van der Waals surface area contributed by atoms with Crippen LogP contribution in [0.3, 0.4) is 0 Å². The SMILES string of the molecule is NCC(=O)N(CCN1C(=O)C=CC1=O)OC(=O)C(F)(F)F. The molecular weight excluding hydrogens is 299 g/mol. The number of halogens is 3. The van der Waals surface area contributed by atoms with Crippen LogP contribution in [0, 0.1) is 0 Å². The number of alkyl halides is 3. The van der Waals surface area contributed by atoms with E-state index in [0.717, 1.165) is 12.2 Å². The topological polar surface area (TPSA) is 110 Å². The van der Waals surface area contributed by atoms with Crippen molar-refractivity contribution in [3.8, 4) is 0 Å². The van der Waals surface area contributed by atoms with Crippen molar-refractivity contribution < 1.29 is 37.2 Å². The van der Waals surface area contributed by atoms with Gasteiger partial charge in [0.25, 0.3) is 17.7 Å². The van der Waals surface area contributed by atoms with Gasteiger partial charge in [-0.2, -0.15) is 18.2 Å². The minimum atomic E-state index is -5.30. The summed E-state index contributed by atoms with van der Waals surface area (Å²) in [4.78, 5) is 48.9. The van der Waals surface area contributed by atoms with Gasteiger partial charge in [0, 0.05) is 12.2 Å². The van der Waals surface area contributed by atoms with E-state index in [0.29, 0.717) is 4.90 Å². The van der Waals surface area contributed by atoms with Crippen molar-refractivity contribution in [2.24, 2.45) is 5.73 Å². The van der Waals surface area contributed by atoms with Gasteiger partial charge in [-0.05, 0) is 0 Å². The maximum absolute atomic E-state index is 12.1. The number of nitrogens with zero attached hydrogens (tertiary/aromatic N) is 2. The third kappa shape index (κ3) is 4.27. The lowest BCUT2D eigenvalue weighted by molar-refractivity contribution is -0.236. The van der Waals surface area contributed by atoms with Crippen molar-refractivity contribution >= 4 is 23.7 Å². The Balaban J connectivity index is 2.67. The van der Waals surface area contributed by atoms with E-state index in [1.54, 1.807) is 0 Å². The largest absolute Gasteiger partial charge is 0.493 e. The van der Waals surface area contributed by atoms with Crippen LogP contribution in [0.25, 0.3) is 0 Å². The van der Waals surface area contributed by atoms with E-state index in [-0.39, 0.29) is 5.06 Å². The lowest BCUT2D eigenvalue weighted by Crippen LogP contribution is -2.45. The highest BCUT2D eigenvalue weighted by Gasteiger charge is 2.43. The van der Waals surface area contributed by atoms with Crippen LogP contribution in [0.15, 0.2) is 12.2 Å². The van der Waals surface area contributed by atoms with Gasteiger partial charge in [0.05, 0.1) is 19.6 Å². The van der Waals surface area contributed by atoms with E-state index in [4.69, 9.17) is 5.73 Å². The molecule has 11 heteroatoms. The second kappa shape index (κ2) is 6.35. The van der Waals surface area contributed by atoms with Crippen LogP contribution in [0.1, 0.15) is 0 Å². The molecule has 3 amide bonds. The maximum atomic E-state index is 12.1. The van der Waals surface area contributed by atoms with Crippen LogP contribution < -0.4 is 5.73 Å². The first kappa shape index (κ1) is 16.6. The number of imide groups is 1. The molecule has 0 bridgehead atoms. The molecule has 0 aromatic heterocycles. The summed E-state index contributed by atoms with van der Waals surface area (Å²) in [6.45, 7) is -1.79. The summed E-state index contributed by atoms with van der Waals surface area (Å²) in [5.74, 6) is -5.11. The lowest BCUT2D eigenvalue weighted by Gasteiger charge is -2.23. The summed E-state index contributed by atoms with van der Waals surface area (Å²) in [7, 11) is 0. The summed E-state index contributed by atoms with van der Waals surface area (Å²) < 4.78 is 36.2. The minimum Gasteiger partial charge on any atom is -0.329 e. The van der Waals surface area contributed by atoms with E-state index in [2.05, 4.69) is 4.84 Å². The van der Waals surface area contributed by atoms with Crippen molar-refractivity contribution in [2.75, 3.05) is 19.6 Å². The number of amides is 3. The van der Waals surface area contributed by atoms with E-state index < -0.39 is 49.5 Å². The molecule has 0 spiro atoms. The average molecular weight is 309 g/mol. The van der Waals surface area contributed by atoms with Crippen LogP contribution >= 0.6 is 0 Å². The van der Waals surface area contributed by atoms with E-state index >= 15 is 0 Å². The van der Waals surface area contributed by atoms with Crippen molar-refractivity contribution in [1.82, 2.24) is 9.96 Å². The molecule has 0 saturated carbocycles. The third-order valence-electron chi connectivity index (χ3n) is 2.30. The highest BCUT2D eigenvalue weighted by molar-refractivity contribution is 6.12. The normalized spacial score (nSPS) is 14.6. The Kier molecular flexibility index (Phi) is 5.02. The number of rotatable bonds is 4. The van der Waals surface area contributed by atoms with Crippen molar-refractivity contribution in [3.63, 3.8) is 0 Å². The zero-order valence-electron chi connectivity index (χ0n) is 10.4. The standard InChI is InChI=1S/C10H10F3N3O5/c11-10(12,13)9(20)21-16(8(19)5-14)4-3-15-6(17)1-2-7(15)18/h1-2H,3-5,14H2. The van der Waals surface area contributed by atoms with Gasteiger partial charge in [0.1, 0.15) is 0 Å². The van der Waals surface area contributed by atoms with Crippen molar-refractivity contribution in [1.29, 1.82) is 0 Å². The Hall–Kier alpha value is -2.43. The number of carbonyl (C=O) groups excluding carboxylic acids is 4. The van der Waals surface area contributed by atoms with Gasteiger partial charge in [0.15, 0.2) is 0 Å². The molecule has 0 aliphatic carbocycles. The average Bonchev–Trinajstić information content (AvgIpc) is 2.72. The number of hydrogen-bond acceptors (Lipinski definition) is 6. The number of carbonyl (C=O) groups is 4. The fourth-order valence-corrected chi connectivity index (χ4v) is 1.32. The van der Waals surface area contributed by atoms with E-state index in [1.807, 2.05) is 0 Å². The quantitative estimate of drug-likeness (QED) is 0.511. The molecule has 0 atom stereocenters. The van der Waals surface area contributed by atoms with Crippen LogP contribution in [0.4, 0.5) is 13.2 Å². The molecule has 8 nitrogen and oxygen atoms in total. The van der Waals surface area contributed by atoms with Gasteiger partial charge in [0.2, 0.25) is 0 Å². The fourth-order valence-electron chi connectivity index (χ4n) is 1.32. The second-order valence-corrected chi connectivity index (χ2v) is 3.74. The summed E-state index contributed by atoms with van der Waals surface area (Å²) in [5, 5.41) is 0.0642. The first-order valence-electron chi connectivity index (χ1n) is 5.50. The third-order valence-corrected chi connectivity index (χ3v) is 2.30. The van der Waals surface area contributed by atoms with Crippen molar-refractivity contribution in [3.05, 3.63) is 12.2 Å². The smallest absolute Gasteiger partial charge is 0.329 e. The lowest BCUT2D eigenvalue weighted by atomic mass is 10.4. The summed E-state index contributed by atoms with van der Waals surface area (Å²) >= 11 is 0. The number of nitrogens with two attached hydrogens (primary N) is 1. The molecule has 0 aromatic rings. The molecule has 116 valence electrons. The van der Waals surface area contributed by atoms with Crippen LogP contribution in [0.2, 0.25) is 0 Å². The predicted molar refractivity (Wildman–Crippen MR) is 58.8 cm³/mol. The van der Waals surface area contributed by atoms with Gasteiger partial charge in [-0.3, -0.25) is 19.3 Å². The highest BCUT2D eigenvalue weighted by Crippen LogP contribution is 2.17. The van der Waals surface area contributed by atoms with Gasteiger partial charge in [-0.1, -0.05) is 0 Å². The van der Waals surface area contributed by atoms with Crippen LogP contribution in [0.5, 0.6) is 0 Å². The number of hydroxylamine groups is 2. The molecule has 1 aliphatic rings. The molecule has 0 radical (unpaired) electrons. The second-order valence-electron chi connectivity index (χ2n) is 3.74. The Labute approximate surface area is 115 Å². The van der Waals surface area contributed by atoms with Crippen molar-refractivity contribution in [2.45, 2.75) is 6.18 Å². The molecule has 1 heterocycles. The molecule has 0 fully saturated rings. The predicted octanol–water partition coefficient (Wildman–Crippen LogP) is -1.28. The van der Waals surface area contributed by atoms with Crippen LogP contribution in [-0.2, 0) is 24.0 Å². The summed E-state index contributed by atoms with van der Waals surface area (Å²) in [6.07, 6.45) is -3.38. The van der Waals surface area contributed by atoms with Gasteiger partial charge >= 0.3 is 12.1 Å². The monoisotopic (exact) mass is 309 g/mol. The Morgan fingerprint density at radius 3 is 2.19 bits per heavy atom. The molecule has 0 saturated heterocycles. The molecule has 2 N–H and O–H groups in total. The first-order chi connectivity index (χ1) is 9.66. The van der Waals surface area contributed by atoms with E-state index in [9.17, 15) is 32.3 Å². The Bertz CT molecular complexity index is 485. The van der Waals surface area contributed by atoms with E-state index in [1.165, 1.54) is 0 Å². The zero-order valence-corrected chi connectivity index (χ0v) is 10.4.